The number of benzene rings is 3. The van der Waals surface area contributed by atoms with E-state index in [-0.39, 0.29) is 17.7 Å². The number of carbonyl (C=O) groups excluding carboxylic acids is 1. The molecule has 1 aliphatic heterocycles. The first kappa shape index (κ1) is 24.4. The Hall–Kier alpha value is -4.34. The summed E-state index contributed by atoms with van der Waals surface area (Å²) in [5, 5.41) is 11.4. The molecule has 0 bridgehead atoms. The fraction of sp³-hybridized carbons (Fsp3) is 0.222. The Kier molecular flexibility index (Phi) is 6.56. The fourth-order valence-electron chi connectivity index (χ4n) is 4.24. The van der Waals surface area contributed by atoms with E-state index in [1.54, 1.807) is 36.3 Å². The summed E-state index contributed by atoms with van der Waals surface area (Å²) in [5.41, 5.74) is 1.89. The number of hydrogen-bond donors (Lipinski definition) is 1. The third-order valence-corrected chi connectivity index (χ3v) is 6.22. The number of rotatable bonds is 7. The van der Waals surface area contributed by atoms with Crippen molar-refractivity contribution < 1.29 is 27.1 Å². The third-order valence-electron chi connectivity index (χ3n) is 6.22. The molecule has 4 aromatic rings. The van der Waals surface area contributed by atoms with Crippen molar-refractivity contribution in [3.63, 3.8) is 0 Å². The summed E-state index contributed by atoms with van der Waals surface area (Å²) in [7, 11) is 1.60. The van der Waals surface area contributed by atoms with Gasteiger partial charge < -0.3 is 19.4 Å². The average molecular weight is 509 g/mol. The molecule has 7 nitrogen and oxygen atoms in total. The van der Waals surface area contributed by atoms with Crippen LogP contribution in [0.4, 0.5) is 24.5 Å². The second-order valence-electron chi connectivity index (χ2n) is 8.64. The predicted molar refractivity (Wildman–Crippen MR) is 130 cm³/mol. The molecule has 2 heterocycles. The number of ether oxygens (including phenoxy) is 1. The number of para-hydroxylation sites is 1. The van der Waals surface area contributed by atoms with E-state index < -0.39 is 17.7 Å². The van der Waals surface area contributed by atoms with Gasteiger partial charge in [-0.3, -0.25) is 4.79 Å². The van der Waals surface area contributed by atoms with Crippen LogP contribution in [-0.4, -0.2) is 34.7 Å². The zero-order valence-corrected chi connectivity index (χ0v) is 19.8. The van der Waals surface area contributed by atoms with Crippen molar-refractivity contribution in [3.05, 3.63) is 89.8 Å². The lowest BCUT2D eigenvalue weighted by molar-refractivity contribution is -0.137. The van der Waals surface area contributed by atoms with E-state index in [9.17, 15) is 18.0 Å². The molecule has 1 amide bonds. The minimum absolute atomic E-state index is 0.0813. The smallest absolute Gasteiger partial charge is 0.416 e. The molecule has 1 unspecified atom stereocenters. The number of halogens is 3. The van der Waals surface area contributed by atoms with Crippen molar-refractivity contribution in [1.29, 1.82) is 0 Å². The van der Waals surface area contributed by atoms with Crippen molar-refractivity contribution in [1.82, 2.24) is 15.1 Å². The van der Waals surface area contributed by atoms with Crippen molar-refractivity contribution in [2.75, 3.05) is 19.0 Å². The zero-order chi connectivity index (χ0) is 26.0. The first-order valence-corrected chi connectivity index (χ1v) is 11.6. The Balaban J connectivity index is 1.30. The average Bonchev–Trinajstić information content (AvgIpc) is 3.52. The number of carbonyl (C=O) groups is 1. The fourth-order valence-corrected chi connectivity index (χ4v) is 4.24. The lowest BCUT2D eigenvalue weighted by atomic mass is 10.1. The molecular formula is C27H23F3N4O3. The van der Waals surface area contributed by atoms with E-state index in [0.29, 0.717) is 36.4 Å². The van der Waals surface area contributed by atoms with Gasteiger partial charge in [0.1, 0.15) is 11.7 Å². The summed E-state index contributed by atoms with van der Waals surface area (Å²) in [4.78, 5) is 14.8. The van der Waals surface area contributed by atoms with E-state index in [4.69, 9.17) is 9.15 Å². The standard InChI is InChI=1S/C27H23F3N4O3/c1-36-20-12-6-17(7-13-20)16-34-15-14-22(26(34)35)25-33-32-24(37-25)21-4-2-3-5-23(21)31-19-10-8-18(9-11-19)27(28,29)30/h2-13,22,31H,14-16H2,1H3. The summed E-state index contributed by atoms with van der Waals surface area (Å²) < 4.78 is 49.7. The van der Waals surface area contributed by atoms with Crippen LogP contribution in [0.15, 0.2) is 77.2 Å². The highest BCUT2D eigenvalue weighted by Crippen LogP contribution is 2.35. The minimum atomic E-state index is -4.40. The summed E-state index contributed by atoms with van der Waals surface area (Å²) in [6, 6.07) is 19.4. The maximum absolute atomic E-state index is 13.1. The van der Waals surface area contributed by atoms with Gasteiger partial charge in [-0.05, 0) is 60.5 Å². The van der Waals surface area contributed by atoms with Crippen LogP contribution in [0.3, 0.4) is 0 Å². The summed E-state index contributed by atoms with van der Waals surface area (Å²) in [5.74, 6) is 0.588. The number of aromatic nitrogens is 2. The number of nitrogens with one attached hydrogen (secondary N) is 1. The van der Waals surface area contributed by atoms with Gasteiger partial charge in [0.2, 0.25) is 17.7 Å². The van der Waals surface area contributed by atoms with Crippen LogP contribution in [0.25, 0.3) is 11.5 Å². The van der Waals surface area contributed by atoms with Crippen LogP contribution >= 0.6 is 0 Å². The molecule has 1 fully saturated rings. The molecule has 0 radical (unpaired) electrons. The Bertz CT molecular complexity index is 1390. The van der Waals surface area contributed by atoms with Crippen LogP contribution in [0.2, 0.25) is 0 Å². The van der Waals surface area contributed by atoms with Crippen LogP contribution in [0.1, 0.15) is 29.4 Å². The van der Waals surface area contributed by atoms with Crippen LogP contribution in [0.5, 0.6) is 5.75 Å². The SMILES string of the molecule is COc1ccc(CN2CCC(c3nnc(-c4ccccc4Nc4ccc(C(F)(F)F)cc4)o3)C2=O)cc1. The van der Waals surface area contributed by atoms with Crippen LogP contribution < -0.4 is 10.1 Å². The number of nitrogens with zero attached hydrogens (tertiary/aromatic N) is 3. The number of anilines is 2. The maximum atomic E-state index is 13.1. The van der Waals surface area contributed by atoms with E-state index in [0.717, 1.165) is 23.4 Å². The van der Waals surface area contributed by atoms with E-state index in [2.05, 4.69) is 15.5 Å². The first-order chi connectivity index (χ1) is 17.8. The number of amides is 1. The normalized spacial score (nSPS) is 15.7. The largest absolute Gasteiger partial charge is 0.497 e. The van der Waals surface area contributed by atoms with E-state index >= 15 is 0 Å². The topological polar surface area (TPSA) is 80.5 Å². The number of hydrogen-bond acceptors (Lipinski definition) is 6. The lowest BCUT2D eigenvalue weighted by Crippen LogP contribution is -2.26. The highest BCUT2D eigenvalue weighted by molar-refractivity contribution is 5.85. The summed E-state index contributed by atoms with van der Waals surface area (Å²) >= 11 is 0. The molecule has 1 aliphatic rings. The van der Waals surface area contributed by atoms with Gasteiger partial charge in [-0.15, -0.1) is 10.2 Å². The summed E-state index contributed by atoms with van der Waals surface area (Å²) in [6.45, 7) is 1.04. The van der Waals surface area contributed by atoms with Crippen molar-refractivity contribution in [3.8, 4) is 17.2 Å². The highest BCUT2D eigenvalue weighted by atomic mass is 19.4. The van der Waals surface area contributed by atoms with Gasteiger partial charge in [-0.1, -0.05) is 24.3 Å². The Morgan fingerprint density at radius 1 is 1.03 bits per heavy atom. The van der Waals surface area contributed by atoms with E-state index in [1.807, 2.05) is 24.3 Å². The molecule has 3 aromatic carbocycles. The van der Waals surface area contributed by atoms with Crippen molar-refractivity contribution in [2.45, 2.75) is 25.1 Å². The predicted octanol–water partition coefficient (Wildman–Crippen LogP) is 6.02. The third kappa shape index (κ3) is 5.28. The highest BCUT2D eigenvalue weighted by Gasteiger charge is 2.37. The van der Waals surface area contributed by atoms with Crippen molar-refractivity contribution in [2.24, 2.45) is 0 Å². The molecule has 1 aromatic heterocycles. The van der Waals surface area contributed by atoms with Crippen LogP contribution in [-0.2, 0) is 17.5 Å². The van der Waals surface area contributed by atoms with E-state index in [1.165, 1.54) is 12.1 Å². The maximum Gasteiger partial charge on any atom is 0.416 e. The van der Waals surface area contributed by atoms with Gasteiger partial charge in [-0.2, -0.15) is 13.2 Å². The molecule has 190 valence electrons. The number of methoxy groups -OCH3 is 1. The Labute approximate surface area is 210 Å². The zero-order valence-electron chi connectivity index (χ0n) is 19.8. The van der Waals surface area contributed by atoms with Gasteiger partial charge in [0, 0.05) is 18.8 Å². The molecule has 0 saturated carbocycles. The molecule has 0 spiro atoms. The lowest BCUT2D eigenvalue weighted by Gasteiger charge is -2.16. The number of alkyl halides is 3. The number of likely N-dealkylation sites (tertiary alicyclic amines) is 1. The minimum Gasteiger partial charge on any atom is -0.497 e. The Morgan fingerprint density at radius 2 is 1.76 bits per heavy atom. The summed E-state index contributed by atoms with van der Waals surface area (Å²) in [6.07, 6.45) is -3.85. The quantitative estimate of drug-likeness (QED) is 0.329. The molecular weight excluding hydrogens is 485 g/mol. The van der Waals surface area contributed by atoms with Gasteiger partial charge in [0.25, 0.3) is 0 Å². The molecule has 10 heteroatoms. The molecule has 5 rings (SSSR count). The molecule has 1 atom stereocenters. The van der Waals surface area contributed by atoms with Crippen molar-refractivity contribution >= 4 is 17.3 Å². The second kappa shape index (κ2) is 9.96. The van der Waals surface area contributed by atoms with Gasteiger partial charge >= 0.3 is 6.18 Å². The molecule has 1 saturated heterocycles. The second-order valence-corrected chi connectivity index (χ2v) is 8.64. The van der Waals surface area contributed by atoms with Gasteiger partial charge in [0.05, 0.1) is 23.9 Å². The first-order valence-electron chi connectivity index (χ1n) is 11.6. The monoisotopic (exact) mass is 508 g/mol. The molecule has 1 N–H and O–H groups in total. The van der Waals surface area contributed by atoms with Crippen LogP contribution in [0, 0.1) is 0 Å². The molecule has 0 aliphatic carbocycles. The van der Waals surface area contributed by atoms with Gasteiger partial charge in [-0.25, -0.2) is 0 Å². The Morgan fingerprint density at radius 3 is 2.46 bits per heavy atom. The van der Waals surface area contributed by atoms with Gasteiger partial charge in [0.15, 0.2) is 0 Å². The molecule has 37 heavy (non-hydrogen) atoms.